The Labute approximate surface area is 158 Å². The maximum atomic E-state index is 12.6. The van der Waals surface area contributed by atoms with E-state index in [2.05, 4.69) is 16.1 Å². The number of nitrogens with one attached hydrogen (secondary N) is 2. The SMILES string of the molecule is O=S(=O)(CCCc1ccccc1)Nc1cccc2c1-c1ccsc1CN2. The zero-order valence-electron chi connectivity index (χ0n) is 14.2. The van der Waals surface area contributed by atoms with Crippen LogP contribution in [0.15, 0.2) is 60.0 Å². The number of aryl methyl sites for hydroxylation is 1. The lowest BCUT2D eigenvalue weighted by atomic mass is 9.99. The summed E-state index contributed by atoms with van der Waals surface area (Å²) in [5, 5.41) is 5.42. The molecule has 2 aromatic carbocycles. The highest BCUT2D eigenvalue weighted by Crippen LogP contribution is 2.43. The van der Waals surface area contributed by atoms with Crippen molar-refractivity contribution in [3.05, 3.63) is 70.4 Å². The van der Waals surface area contributed by atoms with Crippen molar-refractivity contribution in [3.63, 3.8) is 0 Å². The van der Waals surface area contributed by atoms with Crippen LogP contribution >= 0.6 is 11.3 Å². The molecule has 0 saturated heterocycles. The highest BCUT2D eigenvalue weighted by molar-refractivity contribution is 7.92. The number of rotatable bonds is 6. The van der Waals surface area contributed by atoms with Gasteiger partial charge in [-0.3, -0.25) is 4.72 Å². The number of anilines is 2. The van der Waals surface area contributed by atoms with Crippen LogP contribution < -0.4 is 10.0 Å². The standard InChI is InChI=1S/C20H20N2O2S2/c23-26(24,13-5-8-15-6-2-1-3-7-15)22-18-10-4-9-17-20(18)16-11-12-25-19(16)14-21-17/h1-4,6-7,9-12,21-22H,5,8,13-14H2. The van der Waals surface area contributed by atoms with E-state index in [0.717, 1.165) is 35.3 Å². The van der Waals surface area contributed by atoms with E-state index >= 15 is 0 Å². The highest BCUT2D eigenvalue weighted by Gasteiger charge is 2.22. The van der Waals surface area contributed by atoms with E-state index in [1.165, 1.54) is 4.88 Å². The van der Waals surface area contributed by atoms with Gasteiger partial charge in [0, 0.05) is 21.7 Å². The summed E-state index contributed by atoms with van der Waals surface area (Å²) < 4.78 is 28.0. The van der Waals surface area contributed by atoms with E-state index in [1.54, 1.807) is 11.3 Å². The molecule has 1 aromatic heterocycles. The Kier molecular flexibility index (Phi) is 4.70. The lowest BCUT2D eigenvalue weighted by Gasteiger charge is -2.22. The van der Waals surface area contributed by atoms with Crippen LogP contribution in [0.1, 0.15) is 16.9 Å². The summed E-state index contributed by atoms with van der Waals surface area (Å²) in [5.41, 5.74) is 4.84. The summed E-state index contributed by atoms with van der Waals surface area (Å²) in [6.45, 7) is 0.785. The fourth-order valence-corrected chi connectivity index (χ4v) is 5.23. The topological polar surface area (TPSA) is 58.2 Å². The van der Waals surface area contributed by atoms with Crippen LogP contribution in [0.2, 0.25) is 0 Å². The first-order chi connectivity index (χ1) is 12.6. The first-order valence-electron chi connectivity index (χ1n) is 8.60. The minimum absolute atomic E-state index is 0.107. The van der Waals surface area contributed by atoms with E-state index < -0.39 is 10.0 Å². The molecule has 0 amide bonds. The largest absolute Gasteiger partial charge is 0.380 e. The van der Waals surface area contributed by atoms with Crippen molar-refractivity contribution >= 4 is 32.7 Å². The lowest BCUT2D eigenvalue weighted by molar-refractivity contribution is 0.598. The van der Waals surface area contributed by atoms with Crippen molar-refractivity contribution < 1.29 is 8.42 Å². The monoisotopic (exact) mass is 384 g/mol. The Balaban J connectivity index is 1.51. The van der Waals surface area contributed by atoms with Crippen molar-refractivity contribution in [1.29, 1.82) is 0 Å². The van der Waals surface area contributed by atoms with Gasteiger partial charge in [0.2, 0.25) is 10.0 Å². The predicted octanol–water partition coefficient (Wildman–Crippen LogP) is 4.72. The Hall–Kier alpha value is -2.31. The molecule has 0 aliphatic carbocycles. The minimum Gasteiger partial charge on any atom is -0.380 e. The van der Waals surface area contributed by atoms with Crippen LogP contribution in [0.25, 0.3) is 11.1 Å². The number of hydrogen-bond acceptors (Lipinski definition) is 4. The maximum absolute atomic E-state index is 12.6. The number of sulfonamides is 1. The molecule has 0 unspecified atom stereocenters. The van der Waals surface area contributed by atoms with Gasteiger partial charge in [0.25, 0.3) is 0 Å². The molecule has 0 spiro atoms. The van der Waals surface area contributed by atoms with Crippen LogP contribution in [0.5, 0.6) is 0 Å². The minimum atomic E-state index is -3.40. The third-order valence-corrected chi connectivity index (χ3v) is 6.78. The van der Waals surface area contributed by atoms with Gasteiger partial charge in [-0.15, -0.1) is 11.3 Å². The van der Waals surface area contributed by atoms with Gasteiger partial charge >= 0.3 is 0 Å². The molecule has 0 bridgehead atoms. The second kappa shape index (κ2) is 7.13. The van der Waals surface area contributed by atoms with Crippen LogP contribution in [-0.4, -0.2) is 14.2 Å². The van der Waals surface area contributed by atoms with Crippen LogP contribution in [-0.2, 0) is 23.0 Å². The zero-order chi connectivity index (χ0) is 18.0. The predicted molar refractivity (Wildman–Crippen MR) is 109 cm³/mol. The van der Waals surface area contributed by atoms with E-state index in [9.17, 15) is 8.42 Å². The molecule has 134 valence electrons. The Bertz CT molecular complexity index is 1010. The van der Waals surface area contributed by atoms with Gasteiger partial charge in [-0.2, -0.15) is 0 Å². The number of thiophene rings is 1. The second-order valence-electron chi connectivity index (χ2n) is 6.35. The Morgan fingerprint density at radius 3 is 2.73 bits per heavy atom. The molecule has 0 atom stereocenters. The van der Waals surface area contributed by atoms with Gasteiger partial charge in [-0.1, -0.05) is 36.4 Å². The van der Waals surface area contributed by atoms with Gasteiger partial charge < -0.3 is 5.32 Å². The van der Waals surface area contributed by atoms with E-state index in [-0.39, 0.29) is 5.75 Å². The molecule has 2 heterocycles. The van der Waals surface area contributed by atoms with Crippen LogP contribution in [0.4, 0.5) is 11.4 Å². The molecular weight excluding hydrogens is 364 g/mol. The number of hydrogen-bond donors (Lipinski definition) is 2. The lowest BCUT2D eigenvalue weighted by Crippen LogP contribution is -2.18. The Morgan fingerprint density at radius 2 is 1.88 bits per heavy atom. The summed E-state index contributed by atoms with van der Waals surface area (Å²) in [7, 11) is -3.40. The van der Waals surface area contributed by atoms with Crippen molar-refractivity contribution in [2.75, 3.05) is 15.8 Å². The number of benzene rings is 2. The molecule has 4 rings (SSSR count). The average Bonchev–Trinajstić information content (AvgIpc) is 3.11. The van der Waals surface area contributed by atoms with Crippen molar-refractivity contribution in [2.45, 2.75) is 19.4 Å². The molecule has 4 nitrogen and oxygen atoms in total. The molecule has 0 fully saturated rings. The zero-order valence-corrected chi connectivity index (χ0v) is 15.9. The van der Waals surface area contributed by atoms with Gasteiger partial charge in [0.1, 0.15) is 0 Å². The number of fused-ring (bicyclic) bond motifs is 3. The summed E-state index contributed by atoms with van der Waals surface area (Å²) >= 11 is 1.69. The quantitative estimate of drug-likeness (QED) is 0.647. The van der Waals surface area contributed by atoms with Gasteiger partial charge in [0.05, 0.1) is 18.0 Å². The fourth-order valence-electron chi connectivity index (χ4n) is 3.28. The van der Waals surface area contributed by atoms with Crippen molar-refractivity contribution in [3.8, 4) is 11.1 Å². The van der Waals surface area contributed by atoms with Crippen LogP contribution in [0, 0.1) is 0 Å². The van der Waals surface area contributed by atoms with E-state index in [1.807, 2.05) is 53.9 Å². The molecule has 0 saturated carbocycles. The van der Waals surface area contributed by atoms with Crippen molar-refractivity contribution in [1.82, 2.24) is 0 Å². The van der Waals surface area contributed by atoms with Gasteiger partial charge in [-0.25, -0.2) is 8.42 Å². The van der Waals surface area contributed by atoms with Gasteiger partial charge in [0.15, 0.2) is 0 Å². The molecular formula is C20H20N2O2S2. The summed E-state index contributed by atoms with van der Waals surface area (Å²) in [5.74, 6) is 0.107. The first kappa shape index (κ1) is 17.1. The molecule has 1 aliphatic rings. The molecule has 3 aromatic rings. The van der Waals surface area contributed by atoms with Crippen molar-refractivity contribution in [2.24, 2.45) is 0 Å². The smallest absolute Gasteiger partial charge is 0.232 e. The average molecular weight is 385 g/mol. The van der Waals surface area contributed by atoms with Crippen LogP contribution in [0.3, 0.4) is 0 Å². The van der Waals surface area contributed by atoms with E-state index in [4.69, 9.17) is 0 Å². The molecule has 26 heavy (non-hydrogen) atoms. The normalized spacial score (nSPS) is 12.8. The molecule has 0 radical (unpaired) electrons. The summed E-state index contributed by atoms with van der Waals surface area (Å²) in [6.07, 6.45) is 1.35. The third kappa shape index (κ3) is 3.61. The third-order valence-electron chi connectivity index (χ3n) is 4.51. The fraction of sp³-hybridized carbons (Fsp3) is 0.200. The van der Waals surface area contributed by atoms with Gasteiger partial charge in [-0.05, 0) is 42.0 Å². The maximum Gasteiger partial charge on any atom is 0.232 e. The highest BCUT2D eigenvalue weighted by atomic mass is 32.2. The van der Waals surface area contributed by atoms with E-state index in [0.29, 0.717) is 12.1 Å². The summed E-state index contributed by atoms with van der Waals surface area (Å²) in [4.78, 5) is 1.23. The Morgan fingerprint density at radius 1 is 1.04 bits per heavy atom. The molecule has 1 aliphatic heterocycles. The first-order valence-corrected chi connectivity index (χ1v) is 11.1. The molecule has 2 N–H and O–H groups in total. The summed E-state index contributed by atoms with van der Waals surface area (Å²) in [6, 6.07) is 17.7. The molecule has 6 heteroatoms. The second-order valence-corrected chi connectivity index (χ2v) is 9.19.